The van der Waals surface area contributed by atoms with Crippen molar-refractivity contribution in [2.75, 3.05) is 0 Å². The lowest BCUT2D eigenvalue weighted by atomic mass is 10.2. The van der Waals surface area contributed by atoms with E-state index in [1.807, 2.05) is 30.3 Å². The summed E-state index contributed by atoms with van der Waals surface area (Å²) in [5.74, 6) is 0. The molecule has 92 valence electrons. The molecule has 5 heteroatoms. The smallest absolute Gasteiger partial charge is 0.254 e. The third kappa shape index (κ3) is 2.96. The lowest BCUT2D eigenvalue weighted by Crippen LogP contribution is -2.00. The Morgan fingerprint density at radius 2 is 1.50 bits per heavy atom. The molecule has 18 heavy (non-hydrogen) atoms. The van der Waals surface area contributed by atoms with E-state index < -0.39 is 0 Å². The second kappa shape index (κ2) is 5.61. The highest BCUT2D eigenvalue weighted by atomic mass is 35.5. The maximum absolute atomic E-state index is 12.0. The van der Waals surface area contributed by atoms with Gasteiger partial charge in [-0.15, -0.1) is 0 Å². The first-order valence-electron chi connectivity index (χ1n) is 5.09. The van der Waals surface area contributed by atoms with E-state index in [2.05, 4.69) is 0 Å². The molecule has 0 atom stereocenters. The molecule has 0 aliphatic rings. The zero-order valence-electron chi connectivity index (χ0n) is 9.11. The first-order chi connectivity index (χ1) is 8.58. The van der Waals surface area contributed by atoms with Gasteiger partial charge in [-0.2, -0.15) is 4.74 Å². The Kier molecular flexibility index (Phi) is 4.12. The van der Waals surface area contributed by atoms with E-state index in [0.29, 0.717) is 9.76 Å². The number of halogens is 3. The summed E-state index contributed by atoms with van der Waals surface area (Å²) in [5.41, 5.74) is 0.946. The molecule has 0 saturated heterocycles. The predicted octanol–water partition coefficient (Wildman–Crippen LogP) is 4.91. The molecule has 0 aliphatic heterocycles. The normalized spacial score (nSPS) is 11.6. The highest BCUT2D eigenvalue weighted by Crippen LogP contribution is 2.35. The van der Waals surface area contributed by atoms with Gasteiger partial charge in [0.15, 0.2) is 6.21 Å². The number of hydrogen-bond donors (Lipinski definition) is 0. The molecule has 0 saturated carbocycles. The fraction of sp³-hybridized carbons (Fsp3) is 0. The zero-order valence-corrected chi connectivity index (χ0v) is 11.4. The summed E-state index contributed by atoms with van der Waals surface area (Å²) in [6.45, 7) is 0. The van der Waals surface area contributed by atoms with Crippen molar-refractivity contribution < 1.29 is 4.74 Å². The van der Waals surface area contributed by atoms with Crippen molar-refractivity contribution in [2.24, 2.45) is 0 Å². The fourth-order valence-electron chi connectivity index (χ4n) is 1.48. The van der Waals surface area contributed by atoms with Gasteiger partial charge in [0.05, 0.1) is 0 Å². The average Bonchev–Trinajstić information content (AvgIpc) is 2.28. The lowest BCUT2D eigenvalue weighted by molar-refractivity contribution is -0.354. The Bertz CT molecular complexity index is 573. The van der Waals surface area contributed by atoms with Crippen LogP contribution in [0.2, 0.25) is 15.1 Å². The topological polar surface area (TPSA) is 26.1 Å². The Balaban J connectivity index is 2.47. The van der Waals surface area contributed by atoms with Crippen LogP contribution in [0.3, 0.4) is 0 Å². The summed E-state index contributed by atoms with van der Waals surface area (Å²) in [6, 6.07) is 12.1. The molecule has 0 spiro atoms. The van der Waals surface area contributed by atoms with Crippen LogP contribution in [0.15, 0.2) is 42.5 Å². The summed E-state index contributed by atoms with van der Waals surface area (Å²) < 4.78 is 0.635. The van der Waals surface area contributed by atoms with E-state index in [1.165, 1.54) is 18.3 Å². The summed E-state index contributed by atoms with van der Waals surface area (Å²) in [6.07, 6.45) is 1.40. The average molecular weight is 301 g/mol. The van der Waals surface area contributed by atoms with Gasteiger partial charge in [0.2, 0.25) is 0 Å². The molecule has 0 fully saturated rings. The fourth-order valence-corrected chi connectivity index (χ4v) is 2.47. The van der Waals surface area contributed by atoms with Crippen molar-refractivity contribution in [2.45, 2.75) is 0 Å². The number of benzene rings is 2. The third-order valence-electron chi connectivity index (χ3n) is 2.27. The van der Waals surface area contributed by atoms with E-state index in [1.54, 1.807) is 0 Å². The molecule has 0 N–H and O–H groups in total. The van der Waals surface area contributed by atoms with Gasteiger partial charge in [0.25, 0.3) is 5.69 Å². The first-order valence-corrected chi connectivity index (χ1v) is 6.22. The molecule has 2 nitrogen and oxygen atoms in total. The van der Waals surface area contributed by atoms with Crippen LogP contribution in [0.1, 0.15) is 5.56 Å². The van der Waals surface area contributed by atoms with Gasteiger partial charge in [-0.05, 0) is 24.3 Å². The quantitative estimate of drug-likeness (QED) is 0.335. The second-order valence-electron chi connectivity index (χ2n) is 3.58. The van der Waals surface area contributed by atoms with Crippen molar-refractivity contribution in [1.29, 1.82) is 0 Å². The van der Waals surface area contributed by atoms with Gasteiger partial charge >= 0.3 is 0 Å². The zero-order chi connectivity index (χ0) is 13.1. The monoisotopic (exact) mass is 299 g/mol. The predicted molar refractivity (Wildman–Crippen MR) is 76.4 cm³/mol. The minimum Gasteiger partial charge on any atom is -0.618 e. The van der Waals surface area contributed by atoms with Crippen LogP contribution in [0, 0.1) is 5.21 Å². The SMILES string of the molecule is [O-][N+](=Cc1ccccc1)c1c(Cl)cc(Cl)cc1Cl. The van der Waals surface area contributed by atoms with Crippen LogP contribution in [-0.2, 0) is 0 Å². The highest BCUT2D eigenvalue weighted by Gasteiger charge is 2.15. The summed E-state index contributed by atoms with van der Waals surface area (Å²) in [7, 11) is 0. The molecule has 0 heterocycles. The summed E-state index contributed by atoms with van der Waals surface area (Å²) in [4.78, 5) is 0. The molecule has 0 radical (unpaired) electrons. The molecular weight excluding hydrogens is 293 g/mol. The second-order valence-corrected chi connectivity index (χ2v) is 4.83. The third-order valence-corrected chi connectivity index (χ3v) is 3.06. The number of hydrogen-bond acceptors (Lipinski definition) is 1. The van der Waals surface area contributed by atoms with Crippen LogP contribution in [0.25, 0.3) is 0 Å². The van der Waals surface area contributed by atoms with E-state index in [9.17, 15) is 5.21 Å². The Morgan fingerprint density at radius 1 is 0.944 bits per heavy atom. The van der Waals surface area contributed by atoms with Crippen LogP contribution in [0.4, 0.5) is 5.69 Å². The summed E-state index contributed by atoms with van der Waals surface area (Å²) >= 11 is 17.7. The van der Waals surface area contributed by atoms with E-state index in [-0.39, 0.29) is 15.7 Å². The molecule has 2 aromatic carbocycles. The largest absolute Gasteiger partial charge is 0.618 e. The minimum absolute atomic E-state index is 0.187. The van der Waals surface area contributed by atoms with E-state index in [0.717, 1.165) is 5.56 Å². The highest BCUT2D eigenvalue weighted by molar-refractivity contribution is 6.41. The Hall–Kier alpha value is -1.22. The van der Waals surface area contributed by atoms with Gasteiger partial charge in [0, 0.05) is 10.6 Å². The van der Waals surface area contributed by atoms with E-state index >= 15 is 0 Å². The van der Waals surface area contributed by atoms with E-state index in [4.69, 9.17) is 34.8 Å². The van der Waals surface area contributed by atoms with Gasteiger partial charge in [-0.25, -0.2) is 0 Å². The molecule has 0 aromatic heterocycles. The first kappa shape index (κ1) is 13.2. The van der Waals surface area contributed by atoms with Crippen LogP contribution in [0.5, 0.6) is 0 Å². The molecule has 0 amide bonds. The molecular formula is C13H8Cl3NO. The van der Waals surface area contributed by atoms with Gasteiger partial charge in [-0.1, -0.05) is 53.0 Å². The van der Waals surface area contributed by atoms with Gasteiger partial charge < -0.3 is 5.21 Å². The Morgan fingerprint density at radius 3 is 2.06 bits per heavy atom. The van der Waals surface area contributed by atoms with Crippen LogP contribution < -0.4 is 0 Å². The summed E-state index contributed by atoms with van der Waals surface area (Å²) in [5, 5.41) is 12.8. The maximum atomic E-state index is 12.0. The van der Waals surface area contributed by atoms with Crippen molar-refractivity contribution in [1.82, 2.24) is 0 Å². The van der Waals surface area contributed by atoms with Crippen molar-refractivity contribution in [3.63, 3.8) is 0 Å². The minimum atomic E-state index is 0.187. The molecule has 0 unspecified atom stereocenters. The molecule has 0 aliphatic carbocycles. The van der Waals surface area contributed by atoms with Crippen LogP contribution in [-0.4, -0.2) is 11.0 Å². The Labute approximate surface area is 120 Å². The number of rotatable bonds is 2. The molecule has 2 rings (SSSR count). The van der Waals surface area contributed by atoms with Gasteiger partial charge in [0.1, 0.15) is 10.0 Å². The standard InChI is InChI=1S/C13H8Cl3NO/c14-10-6-11(15)13(12(16)7-10)17(18)8-9-4-2-1-3-5-9/h1-8H. The molecule has 0 bridgehead atoms. The number of nitrogens with zero attached hydrogens (tertiary/aromatic N) is 1. The lowest BCUT2D eigenvalue weighted by Gasteiger charge is -2.07. The van der Waals surface area contributed by atoms with Crippen molar-refractivity contribution >= 4 is 46.7 Å². The van der Waals surface area contributed by atoms with Gasteiger partial charge in [-0.3, -0.25) is 0 Å². The maximum Gasteiger partial charge on any atom is 0.254 e. The van der Waals surface area contributed by atoms with Crippen LogP contribution >= 0.6 is 34.8 Å². The van der Waals surface area contributed by atoms with Crippen molar-refractivity contribution in [3.05, 3.63) is 68.3 Å². The molecule has 2 aromatic rings. The van der Waals surface area contributed by atoms with Crippen molar-refractivity contribution in [3.8, 4) is 0 Å².